The number of rotatable bonds is 10. The van der Waals surface area contributed by atoms with E-state index in [1.165, 1.54) is 27.4 Å². The Morgan fingerprint density at radius 1 is 0.938 bits per heavy atom. The summed E-state index contributed by atoms with van der Waals surface area (Å²) in [4.78, 5) is 23.9. The van der Waals surface area contributed by atoms with Crippen LogP contribution in [0.5, 0.6) is 23.0 Å². The van der Waals surface area contributed by atoms with Crippen LogP contribution in [0.25, 0.3) is 6.08 Å². The second-order valence-electron chi connectivity index (χ2n) is 6.36. The molecule has 0 bridgehead atoms. The molecule has 0 aromatic heterocycles. The molecule has 2 aromatic carbocycles. The first-order valence-electron chi connectivity index (χ1n) is 9.52. The molecule has 2 aromatic rings. The van der Waals surface area contributed by atoms with Crippen LogP contribution in [-0.4, -0.2) is 39.8 Å². The maximum Gasteiger partial charge on any atom is 0.262 e. The molecule has 0 aliphatic rings. The zero-order valence-corrected chi connectivity index (χ0v) is 19.4. The van der Waals surface area contributed by atoms with Crippen LogP contribution in [0.4, 0.5) is 0 Å². The van der Waals surface area contributed by atoms with E-state index in [-0.39, 0.29) is 18.9 Å². The van der Waals surface area contributed by atoms with Crippen molar-refractivity contribution >= 4 is 41.1 Å². The van der Waals surface area contributed by atoms with Gasteiger partial charge in [0, 0.05) is 17.5 Å². The lowest BCUT2D eigenvalue weighted by Gasteiger charge is -2.12. The minimum Gasteiger partial charge on any atom is -0.493 e. The van der Waals surface area contributed by atoms with Gasteiger partial charge in [0.2, 0.25) is 11.7 Å². The van der Waals surface area contributed by atoms with Gasteiger partial charge >= 0.3 is 0 Å². The molecule has 0 spiro atoms. The van der Waals surface area contributed by atoms with Crippen LogP contribution in [0.3, 0.4) is 0 Å². The molecule has 2 amide bonds. The van der Waals surface area contributed by atoms with E-state index >= 15 is 0 Å². The molecule has 2 rings (SSSR count). The second kappa shape index (κ2) is 12.7. The van der Waals surface area contributed by atoms with E-state index in [0.29, 0.717) is 45.0 Å². The Morgan fingerprint density at radius 2 is 1.62 bits per heavy atom. The topological polar surface area (TPSA) is 95.1 Å². The molecule has 0 saturated heterocycles. The molecule has 8 nitrogen and oxygen atoms in total. The van der Waals surface area contributed by atoms with E-state index < -0.39 is 5.91 Å². The summed E-state index contributed by atoms with van der Waals surface area (Å²) in [5.41, 5.74) is 5.31. The Balaban J connectivity index is 1.77. The lowest BCUT2D eigenvalue weighted by atomic mass is 10.1. The third-order valence-electron chi connectivity index (χ3n) is 4.14. The van der Waals surface area contributed by atoms with Crippen LogP contribution in [0, 0.1) is 0 Å². The Kier molecular flexibility index (Phi) is 9.97. The van der Waals surface area contributed by atoms with Crippen molar-refractivity contribution in [3.8, 4) is 23.0 Å². The zero-order chi connectivity index (χ0) is 23.5. The number of amides is 2. The van der Waals surface area contributed by atoms with Gasteiger partial charge in [-0.25, -0.2) is 0 Å². The molecule has 0 aliphatic carbocycles. The van der Waals surface area contributed by atoms with Crippen molar-refractivity contribution in [2.24, 2.45) is 0 Å². The lowest BCUT2D eigenvalue weighted by Crippen LogP contribution is -2.40. The molecular formula is C22H24Cl2N2O6. The van der Waals surface area contributed by atoms with Crippen molar-refractivity contribution in [1.29, 1.82) is 0 Å². The fourth-order valence-electron chi connectivity index (χ4n) is 2.61. The third-order valence-corrected chi connectivity index (χ3v) is 4.67. The monoisotopic (exact) mass is 482 g/mol. The number of halogens is 2. The molecule has 0 unspecified atom stereocenters. The minimum atomic E-state index is -0.503. The predicted molar refractivity (Wildman–Crippen MR) is 123 cm³/mol. The highest BCUT2D eigenvalue weighted by Crippen LogP contribution is 2.38. The van der Waals surface area contributed by atoms with Crippen molar-refractivity contribution in [2.75, 3.05) is 27.9 Å². The molecule has 0 saturated carbocycles. The van der Waals surface area contributed by atoms with Gasteiger partial charge in [-0.3, -0.25) is 20.4 Å². The summed E-state index contributed by atoms with van der Waals surface area (Å²) in [5, 5.41) is 0.907. The number of carbonyl (C=O) groups excluding carboxylic acids is 2. The number of hydrogen-bond acceptors (Lipinski definition) is 6. The Hall–Kier alpha value is -3.10. The van der Waals surface area contributed by atoms with Crippen LogP contribution in [0.15, 0.2) is 36.4 Å². The zero-order valence-electron chi connectivity index (χ0n) is 17.9. The molecule has 10 heteroatoms. The average molecular weight is 483 g/mol. The first kappa shape index (κ1) is 25.2. The molecule has 0 atom stereocenters. The number of hydrogen-bond donors (Lipinski definition) is 2. The van der Waals surface area contributed by atoms with Crippen molar-refractivity contribution in [3.05, 3.63) is 52.0 Å². The highest BCUT2D eigenvalue weighted by atomic mass is 35.5. The molecule has 2 N–H and O–H groups in total. The van der Waals surface area contributed by atoms with Crippen LogP contribution in [-0.2, 0) is 9.59 Å². The van der Waals surface area contributed by atoms with E-state index in [2.05, 4.69) is 10.9 Å². The highest BCUT2D eigenvalue weighted by molar-refractivity contribution is 6.35. The number of methoxy groups -OCH3 is 3. The van der Waals surface area contributed by atoms with Crippen LogP contribution >= 0.6 is 23.2 Å². The molecule has 32 heavy (non-hydrogen) atoms. The van der Waals surface area contributed by atoms with Gasteiger partial charge in [0.05, 0.1) is 33.0 Å². The molecule has 0 heterocycles. The Morgan fingerprint density at radius 3 is 2.22 bits per heavy atom. The summed E-state index contributed by atoms with van der Waals surface area (Å²) in [6.07, 6.45) is 3.41. The largest absolute Gasteiger partial charge is 0.493 e. The van der Waals surface area contributed by atoms with Gasteiger partial charge in [-0.15, -0.1) is 0 Å². The minimum absolute atomic E-state index is 0.155. The summed E-state index contributed by atoms with van der Waals surface area (Å²) >= 11 is 11.8. The number of nitrogens with one attached hydrogen (secondary N) is 2. The molecule has 0 aliphatic heterocycles. The van der Waals surface area contributed by atoms with Gasteiger partial charge in [-0.2, -0.15) is 0 Å². The SMILES string of the molecule is COc1cc(/C=C/C(=O)NNC(=O)CCCOc2ccc(Cl)cc2Cl)cc(OC)c1OC. The fraction of sp³-hybridized carbons (Fsp3) is 0.273. The van der Waals surface area contributed by atoms with E-state index in [4.69, 9.17) is 42.1 Å². The van der Waals surface area contributed by atoms with Gasteiger partial charge in [-0.1, -0.05) is 23.2 Å². The predicted octanol–water partition coefficient (Wildman–Crippen LogP) is 4.04. The number of hydrazine groups is 1. The van der Waals surface area contributed by atoms with Crippen molar-refractivity contribution in [2.45, 2.75) is 12.8 Å². The summed E-state index contributed by atoms with van der Waals surface area (Å²) in [6.45, 7) is 0.282. The van der Waals surface area contributed by atoms with Gasteiger partial charge in [-0.05, 0) is 48.4 Å². The van der Waals surface area contributed by atoms with Crippen molar-refractivity contribution < 1.29 is 28.5 Å². The summed E-state index contributed by atoms with van der Waals surface area (Å²) in [6, 6.07) is 8.28. The van der Waals surface area contributed by atoms with Crippen LogP contribution in [0.2, 0.25) is 10.0 Å². The summed E-state index contributed by atoms with van der Waals surface area (Å²) < 4.78 is 21.3. The first-order valence-corrected chi connectivity index (χ1v) is 10.3. The maximum atomic E-state index is 12.0. The van der Waals surface area contributed by atoms with E-state index in [9.17, 15) is 9.59 Å². The molecule has 0 fully saturated rings. The van der Waals surface area contributed by atoms with E-state index in [1.807, 2.05) is 0 Å². The third kappa shape index (κ3) is 7.55. The highest BCUT2D eigenvalue weighted by Gasteiger charge is 2.12. The number of carbonyl (C=O) groups is 2. The maximum absolute atomic E-state index is 12.0. The summed E-state index contributed by atoms with van der Waals surface area (Å²) in [5.74, 6) is 0.999. The molecule has 172 valence electrons. The molecule has 0 radical (unpaired) electrons. The normalized spacial score (nSPS) is 10.5. The average Bonchev–Trinajstić information content (AvgIpc) is 2.79. The van der Waals surface area contributed by atoms with Gasteiger partial charge in [0.1, 0.15) is 5.75 Å². The Labute approximate surface area is 196 Å². The quantitative estimate of drug-likeness (QED) is 0.301. The van der Waals surface area contributed by atoms with Gasteiger partial charge < -0.3 is 18.9 Å². The van der Waals surface area contributed by atoms with E-state index in [1.54, 1.807) is 36.4 Å². The smallest absolute Gasteiger partial charge is 0.262 e. The van der Waals surface area contributed by atoms with Gasteiger partial charge in [0.25, 0.3) is 5.91 Å². The second-order valence-corrected chi connectivity index (χ2v) is 7.20. The number of ether oxygens (including phenoxy) is 4. The number of benzene rings is 2. The van der Waals surface area contributed by atoms with Crippen LogP contribution in [0.1, 0.15) is 18.4 Å². The molecular weight excluding hydrogens is 459 g/mol. The first-order chi connectivity index (χ1) is 15.4. The lowest BCUT2D eigenvalue weighted by molar-refractivity contribution is -0.126. The Bertz CT molecular complexity index is 956. The van der Waals surface area contributed by atoms with Gasteiger partial charge in [0.15, 0.2) is 11.5 Å². The van der Waals surface area contributed by atoms with Crippen molar-refractivity contribution in [3.63, 3.8) is 0 Å². The summed E-state index contributed by atoms with van der Waals surface area (Å²) in [7, 11) is 4.51. The van der Waals surface area contributed by atoms with Crippen LogP contribution < -0.4 is 29.8 Å². The standard InChI is InChI=1S/C22H24Cl2N2O6/c1-29-18-11-14(12-19(30-2)22(18)31-3)6-9-21(28)26-25-20(27)5-4-10-32-17-8-7-15(23)13-16(17)24/h6-9,11-13H,4-5,10H2,1-3H3,(H,25,27)(H,26,28)/b9-6+. The fourth-order valence-corrected chi connectivity index (χ4v) is 3.08. The van der Waals surface area contributed by atoms with E-state index in [0.717, 1.165) is 0 Å². The van der Waals surface area contributed by atoms with Crippen molar-refractivity contribution in [1.82, 2.24) is 10.9 Å².